The number of benzene rings is 1. The Balaban J connectivity index is 0.00000280. The number of anilines is 1. The number of allylic oxidation sites excluding steroid dienone is 2. The van der Waals surface area contributed by atoms with E-state index in [1.807, 2.05) is 6.92 Å². The van der Waals surface area contributed by atoms with E-state index in [0.717, 1.165) is 44.8 Å². The molecule has 1 aromatic rings. The number of hydrogen-bond acceptors (Lipinski definition) is 4. The lowest BCUT2D eigenvalue weighted by atomic mass is 9.77. The Morgan fingerprint density at radius 2 is 1.89 bits per heavy atom. The van der Waals surface area contributed by atoms with Crippen LogP contribution in [-0.2, 0) is 4.79 Å². The maximum absolute atomic E-state index is 11.7. The van der Waals surface area contributed by atoms with Gasteiger partial charge in [0.05, 0.1) is 13.7 Å². The van der Waals surface area contributed by atoms with Crippen LogP contribution in [0.25, 0.3) is 5.57 Å². The van der Waals surface area contributed by atoms with Gasteiger partial charge in [-0.1, -0.05) is 26.8 Å². The van der Waals surface area contributed by atoms with E-state index in [0.29, 0.717) is 24.2 Å². The minimum absolute atomic E-state index is 0. The highest BCUT2D eigenvalue weighted by molar-refractivity contribution is 5.85. The summed E-state index contributed by atoms with van der Waals surface area (Å²) in [7, 11) is 1.73. The van der Waals surface area contributed by atoms with Crippen molar-refractivity contribution in [3.63, 3.8) is 0 Å². The fourth-order valence-corrected chi connectivity index (χ4v) is 4.00. The number of rotatable bonds is 6. The molecule has 0 amide bonds. The molecular weight excluding hydrogens is 372 g/mol. The molecule has 0 atom stereocenters. The van der Waals surface area contributed by atoms with Gasteiger partial charge in [0.25, 0.3) is 0 Å². The molecule has 1 heterocycles. The molecule has 0 spiro atoms. The van der Waals surface area contributed by atoms with Crippen LogP contribution in [0.15, 0.2) is 24.3 Å². The van der Waals surface area contributed by atoms with Crippen LogP contribution in [0.1, 0.15) is 52.0 Å². The Labute approximate surface area is 176 Å². The summed E-state index contributed by atoms with van der Waals surface area (Å²) in [4.78, 5) is 16.5. The SMILES string of the molecule is CCC(=O)CN1CCN(c2cc(OC)ccc2C2=CCC(C)(C)CC2)CC1.Cl. The Bertz CT molecular complexity index is 707. The maximum Gasteiger partial charge on any atom is 0.146 e. The van der Waals surface area contributed by atoms with E-state index in [1.54, 1.807) is 7.11 Å². The molecule has 4 nitrogen and oxygen atoms in total. The highest BCUT2D eigenvalue weighted by atomic mass is 35.5. The first-order valence-corrected chi connectivity index (χ1v) is 10.3. The number of nitrogens with zero attached hydrogens (tertiary/aromatic N) is 2. The molecule has 1 aliphatic carbocycles. The summed E-state index contributed by atoms with van der Waals surface area (Å²) >= 11 is 0. The van der Waals surface area contributed by atoms with Crippen LogP contribution in [-0.4, -0.2) is 50.5 Å². The molecule has 2 aliphatic rings. The van der Waals surface area contributed by atoms with Crippen molar-refractivity contribution < 1.29 is 9.53 Å². The minimum atomic E-state index is 0. The summed E-state index contributed by atoms with van der Waals surface area (Å²) < 4.78 is 5.51. The van der Waals surface area contributed by atoms with Crippen LogP contribution < -0.4 is 9.64 Å². The lowest BCUT2D eigenvalue weighted by molar-refractivity contribution is -0.119. The van der Waals surface area contributed by atoms with Gasteiger partial charge in [0.15, 0.2) is 0 Å². The third kappa shape index (κ3) is 5.51. The largest absolute Gasteiger partial charge is 0.497 e. The predicted octanol–water partition coefficient (Wildman–Crippen LogP) is 4.81. The molecule has 0 bridgehead atoms. The van der Waals surface area contributed by atoms with Crippen molar-refractivity contribution in [2.45, 2.75) is 46.5 Å². The quantitative estimate of drug-likeness (QED) is 0.678. The Morgan fingerprint density at radius 1 is 1.18 bits per heavy atom. The highest BCUT2D eigenvalue weighted by Gasteiger charge is 2.25. The van der Waals surface area contributed by atoms with E-state index in [4.69, 9.17) is 4.74 Å². The lowest BCUT2D eigenvalue weighted by Crippen LogP contribution is -2.48. The summed E-state index contributed by atoms with van der Waals surface area (Å²) in [5.74, 6) is 1.24. The van der Waals surface area contributed by atoms with Crippen LogP contribution in [0, 0.1) is 5.41 Å². The molecule has 0 saturated carbocycles. The van der Waals surface area contributed by atoms with Gasteiger partial charge in [-0.25, -0.2) is 0 Å². The molecule has 3 rings (SSSR count). The number of hydrogen-bond donors (Lipinski definition) is 0. The molecule has 0 radical (unpaired) electrons. The van der Waals surface area contributed by atoms with Crippen LogP contribution in [0.3, 0.4) is 0 Å². The van der Waals surface area contributed by atoms with Crippen molar-refractivity contribution in [1.82, 2.24) is 4.90 Å². The fourth-order valence-electron chi connectivity index (χ4n) is 4.00. The summed E-state index contributed by atoms with van der Waals surface area (Å²) in [5, 5.41) is 0. The molecule has 0 unspecified atom stereocenters. The number of carbonyl (C=O) groups is 1. The first-order chi connectivity index (χ1) is 12.9. The van der Waals surface area contributed by atoms with E-state index >= 15 is 0 Å². The molecular formula is C23H35ClN2O2. The molecule has 0 aromatic heterocycles. The van der Waals surface area contributed by atoms with E-state index in [2.05, 4.69) is 47.9 Å². The van der Waals surface area contributed by atoms with Gasteiger partial charge in [0, 0.05) is 49.9 Å². The van der Waals surface area contributed by atoms with Gasteiger partial charge in [0.2, 0.25) is 0 Å². The Hall–Kier alpha value is -1.52. The van der Waals surface area contributed by atoms with E-state index in [1.165, 1.54) is 23.2 Å². The first kappa shape index (κ1) is 22.8. The summed E-state index contributed by atoms with van der Waals surface area (Å²) in [6.45, 7) is 11.0. The van der Waals surface area contributed by atoms with Crippen molar-refractivity contribution in [2.24, 2.45) is 5.41 Å². The number of Topliss-reactive ketones (excluding diaryl/α,β-unsaturated/α-hetero) is 1. The van der Waals surface area contributed by atoms with Crippen LogP contribution >= 0.6 is 12.4 Å². The maximum atomic E-state index is 11.7. The molecule has 1 fully saturated rings. The number of ether oxygens (including phenoxy) is 1. The molecule has 1 aliphatic heterocycles. The Kier molecular flexibility index (Phi) is 7.97. The second kappa shape index (κ2) is 9.80. The zero-order valence-corrected chi connectivity index (χ0v) is 18.6. The summed E-state index contributed by atoms with van der Waals surface area (Å²) in [6, 6.07) is 6.49. The van der Waals surface area contributed by atoms with Crippen molar-refractivity contribution in [2.75, 3.05) is 44.7 Å². The lowest BCUT2D eigenvalue weighted by Gasteiger charge is -2.37. The van der Waals surface area contributed by atoms with Gasteiger partial charge in [0.1, 0.15) is 11.5 Å². The Morgan fingerprint density at radius 3 is 2.46 bits per heavy atom. The van der Waals surface area contributed by atoms with Gasteiger partial charge >= 0.3 is 0 Å². The zero-order chi connectivity index (χ0) is 19.4. The second-order valence-corrected chi connectivity index (χ2v) is 8.64. The monoisotopic (exact) mass is 406 g/mol. The number of ketones is 1. The average molecular weight is 407 g/mol. The average Bonchev–Trinajstić information content (AvgIpc) is 2.68. The number of methoxy groups -OCH3 is 1. The summed E-state index contributed by atoms with van der Waals surface area (Å²) in [6.07, 6.45) is 6.57. The second-order valence-electron chi connectivity index (χ2n) is 8.64. The van der Waals surface area contributed by atoms with Gasteiger partial charge in [-0.3, -0.25) is 9.69 Å². The van der Waals surface area contributed by atoms with Gasteiger partial charge in [-0.2, -0.15) is 0 Å². The molecule has 1 saturated heterocycles. The molecule has 28 heavy (non-hydrogen) atoms. The van der Waals surface area contributed by atoms with E-state index in [-0.39, 0.29) is 12.4 Å². The number of piperazine rings is 1. The molecule has 156 valence electrons. The van der Waals surface area contributed by atoms with E-state index in [9.17, 15) is 4.79 Å². The van der Waals surface area contributed by atoms with Gasteiger partial charge in [-0.15, -0.1) is 12.4 Å². The van der Waals surface area contributed by atoms with Crippen molar-refractivity contribution in [3.8, 4) is 5.75 Å². The van der Waals surface area contributed by atoms with Crippen LogP contribution in [0.5, 0.6) is 5.75 Å². The van der Waals surface area contributed by atoms with Crippen molar-refractivity contribution in [3.05, 3.63) is 29.8 Å². The molecule has 5 heteroatoms. The van der Waals surface area contributed by atoms with Crippen molar-refractivity contribution in [1.29, 1.82) is 0 Å². The van der Waals surface area contributed by atoms with Crippen LogP contribution in [0.4, 0.5) is 5.69 Å². The predicted molar refractivity (Wildman–Crippen MR) is 120 cm³/mol. The number of halogens is 1. The highest BCUT2D eigenvalue weighted by Crippen LogP contribution is 2.41. The van der Waals surface area contributed by atoms with Crippen LogP contribution in [0.2, 0.25) is 0 Å². The zero-order valence-electron chi connectivity index (χ0n) is 17.8. The fraction of sp³-hybridized carbons (Fsp3) is 0.609. The molecule has 0 N–H and O–H groups in total. The normalized spacial score (nSPS) is 19.6. The minimum Gasteiger partial charge on any atom is -0.497 e. The topological polar surface area (TPSA) is 32.8 Å². The third-order valence-electron chi connectivity index (χ3n) is 6.03. The van der Waals surface area contributed by atoms with Gasteiger partial charge in [-0.05, 0) is 42.4 Å². The first-order valence-electron chi connectivity index (χ1n) is 10.3. The standard InChI is InChI=1S/C23H34N2O2.ClH/c1-5-19(26)17-24-12-14-25(15-13-24)22-16-20(27-4)6-7-21(22)18-8-10-23(2,3)11-9-18;/h6-8,16H,5,9-15,17H2,1-4H3;1H. The van der Waals surface area contributed by atoms with Gasteiger partial charge < -0.3 is 9.64 Å². The smallest absolute Gasteiger partial charge is 0.146 e. The molecule has 1 aromatic carbocycles. The van der Waals surface area contributed by atoms with Crippen molar-refractivity contribution >= 4 is 29.5 Å². The summed E-state index contributed by atoms with van der Waals surface area (Å²) in [5.41, 5.74) is 4.51. The van der Waals surface area contributed by atoms with E-state index < -0.39 is 0 Å². The third-order valence-corrected chi connectivity index (χ3v) is 6.03. The number of carbonyl (C=O) groups excluding carboxylic acids is 1.